The molecule has 2 heterocycles. The van der Waals surface area contributed by atoms with Crippen LogP contribution in [0.2, 0.25) is 0 Å². The SMILES string of the molecule is Cc1nc(-c2nnn(C)c2CNC(=O)OCC2CCC2)ccc1O[C@@H]1CCC2C(C(=O)O)C21. The number of aryl methyl sites for hydroxylation is 2. The smallest absolute Gasteiger partial charge is 0.407 e. The number of hydrogen-bond donors (Lipinski definition) is 2. The lowest BCUT2D eigenvalue weighted by atomic mass is 9.86. The van der Waals surface area contributed by atoms with Crippen LogP contribution in [-0.2, 0) is 23.1 Å². The van der Waals surface area contributed by atoms with Gasteiger partial charge >= 0.3 is 12.1 Å². The maximum absolute atomic E-state index is 12.0. The average Bonchev–Trinajstić information content (AvgIpc) is 3.16. The average molecular weight is 456 g/mol. The minimum absolute atomic E-state index is 0.0790. The van der Waals surface area contributed by atoms with Crippen LogP contribution in [0.15, 0.2) is 12.1 Å². The number of carboxylic acid groups (broad SMARTS) is 1. The number of hydrogen-bond acceptors (Lipinski definition) is 7. The van der Waals surface area contributed by atoms with Gasteiger partial charge in [-0.2, -0.15) is 0 Å². The lowest BCUT2D eigenvalue weighted by Crippen LogP contribution is -2.28. The second kappa shape index (κ2) is 8.64. The zero-order valence-electron chi connectivity index (χ0n) is 18.9. The molecule has 10 heteroatoms. The van der Waals surface area contributed by atoms with E-state index in [-0.39, 0.29) is 30.4 Å². The highest BCUT2D eigenvalue weighted by Crippen LogP contribution is 2.58. The van der Waals surface area contributed by atoms with E-state index in [1.54, 1.807) is 11.7 Å². The summed E-state index contributed by atoms with van der Waals surface area (Å²) in [5.74, 6) is 0.496. The van der Waals surface area contributed by atoms with E-state index >= 15 is 0 Å². The van der Waals surface area contributed by atoms with Crippen molar-refractivity contribution in [2.24, 2.45) is 30.7 Å². The Balaban J connectivity index is 1.23. The number of nitrogens with one attached hydrogen (secondary N) is 1. The first-order chi connectivity index (χ1) is 15.9. The van der Waals surface area contributed by atoms with Gasteiger partial charge in [0.15, 0.2) is 0 Å². The zero-order chi connectivity index (χ0) is 23.1. The summed E-state index contributed by atoms with van der Waals surface area (Å²) in [6, 6.07) is 3.67. The van der Waals surface area contributed by atoms with E-state index in [2.05, 4.69) is 20.6 Å². The Bertz CT molecular complexity index is 1070. The third kappa shape index (κ3) is 4.26. The number of amides is 1. The van der Waals surface area contributed by atoms with E-state index in [0.29, 0.717) is 35.4 Å². The summed E-state index contributed by atoms with van der Waals surface area (Å²) in [5, 5.41) is 20.4. The summed E-state index contributed by atoms with van der Waals surface area (Å²) in [7, 11) is 1.77. The molecule has 33 heavy (non-hydrogen) atoms. The van der Waals surface area contributed by atoms with E-state index in [1.165, 1.54) is 6.42 Å². The molecule has 10 nitrogen and oxygen atoms in total. The second-order valence-corrected chi connectivity index (χ2v) is 9.38. The van der Waals surface area contributed by atoms with Crippen LogP contribution in [0.4, 0.5) is 4.79 Å². The molecular weight excluding hydrogens is 426 g/mol. The predicted octanol–water partition coefficient (Wildman–Crippen LogP) is 2.70. The normalized spacial score (nSPS) is 25.8. The predicted molar refractivity (Wildman–Crippen MR) is 116 cm³/mol. The Morgan fingerprint density at radius 1 is 1.24 bits per heavy atom. The number of fused-ring (bicyclic) bond motifs is 1. The van der Waals surface area contributed by atoms with Gasteiger partial charge in [0.05, 0.1) is 36.2 Å². The number of carbonyl (C=O) groups is 2. The molecule has 0 aliphatic heterocycles. The number of rotatable bonds is 8. The van der Waals surface area contributed by atoms with Crippen LogP contribution in [0, 0.1) is 30.6 Å². The van der Waals surface area contributed by atoms with Crippen molar-refractivity contribution in [3.05, 3.63) is 23.5 Å². The number of aromatic nitrogens is 4. The fourth-order valence-corrected chi connectivity index (χ4v) is 5.12. The van der Waals surface area contributed by atoms with E-state index < -0.39 is 12.1 Å². The molecule has 0 spiro atoms. The van der Waals surface area contributed by atoms with Crippen LogP contribution in [0.1, 0.15) is 43.5 Å². The Morgan fingerprint density at radius 3 is 2.73 bits per heavy atom. The van der Waals surface area contributed by atoms with Crippen LogP contribution in [0.5, 0.6) is 5.75 Å². The summed E-state index contributed by atoms with van der Waals surface area (Å²) in [4.78, 5) is 28.0. The number of nitrogens with zero attached hydrogens (tertiary/aromatic N) is 4. The molecule has 2 aromatic rings. The van der Waals surface area contributed by atoms with Gasteiger partial charge in [-0.05, 0) is 56.6 Å². The van der Waals surface area contributed by atoms with E-state index in [9.17, 15) is 14.7 Å². The number of carbonyl (C=O) groups excluding carboxylic acids is 1. The van der Waals surface area contributed by atoms with Crippen molar-refractivity contribution in [1.82, 2.24) is 25.3 Å². The number of pyridine rings is 1. The first kappa shape index (κ1) is 21.7. The fraction of sp³-hybridized carbons (Fsp3) is 0.609. The van der Waals surface area contributed by atoms with Gasteiger partial charge in [-0.25, -0.2) is 14.5 Å². The molecule has 2 aromatic heterocycles. The number of ether oxygens (including phenoxy) is 2. The lowest BCUT2D eigenvalue weighted by molar-refractivity contribution is -0.139. The van der Waals surface area contributed by atoms with Gasteiger partial charge in [0.1, 0.15) is 17.5 Å². The summed E-state index contributed by atoms with van der Waals surface area (Å²) < 4.78 is 13.1. The fourth-order valence-electron chi connectivity index (χ4n) is 5.12. The van der Waals surface area contributed by atoms with Crippen LogP contribution >= 0.6 is 0 Å². The molecule has 2 N–H and O–H groups in total. The summed E-state index contributed by atoms with van der Waals surface area (Å²) in [6.07, 6.45) is 4.70. The van der Waals surface area contributed by atoms with Crippen LogP contribution < -0.4 is 10.1 Å². The maximum atomic E-state index is 12.0. The van der Waals surface area contributed by atoms with Gasteiger partial charge in [0.25, 0.3) is 0 Å². The Hall–Kier alpha value is -3.17. The molecule has 176 valence electrons. The summed E-state index contributed by atoms with van der Waals surface area (Å²) in [5.41, 5.74) is 2.64. The van der Waals surface area contributed by atoms with Crippen molar-refractivity contribution in [1.29, 1.82) is 0 Å². The van der Waals surface area contributed by atoms with Gasteiger partial charge < -0.3 is 19.9 Å². The second-order valence-electron chi connectivity index (χ2n) is 9.38. The summed E-state index contributed by atoms with van der Waals surface area (Å²) >= 11 is 0. The standard InChI is InChI=1S/C23H29N5O5/c1-12-17(33-18-8-6-14-19(18)20(14)22(29)30)9-7-15(25-12)21-16(28(2)27-26-21)10-24-23(31)32-11-13-4-3-5-13/h7,9,13-14,18-20H,3-6,8,10-11H2,1-2H3,(H,24,31)(H,29,30)/t14?,18-,19?,20?/m1/s1. The molecule has 3 fully saturated rings. The maximum Gasteiger partial charge on any atom is 0.407 e. The lowest BCUT2D eigenvalue weighted by Gasteiger charge is -2.24. The first-order valence-corrected chi connectivity index (χ1v) is 11.6. The van der Waals surface area contributed by atoms with Crippen molar-refractivity contribution in [3.8, 4) is 17.1 Å². The highest BCUT2D eigenvalue weighted by atomic mass is 16.5. The monoisotopic (exact) mass is 455 g/mol. The number of aliphatic carboxylic acids is 1. The van der Waals surface area contributed by atoms with Crippen LogP contribution in [-0.4, -0.2) is 49.9 Å². The molecule has 0 bridgehead atoms. The van der Waals surface area contributed by atoms with Crippen molar-refractivity contribution >= 4 is 12.1 Å². The van der Waals surface area contributed by atoms with Crippen LogP contribution in [0.3, 0.4) is 0 Å². The Labute approximate surface area is 191 Å². The minimum atomic E-state index is -0.723. The molecule has 0 aromatic carbocycles. The van der Waals surface area contributed by atoms with Gasteiger partial charge in [0, 0.05) is 13.0 Å². The molecular formula is C23H29N5O5. The molecule has 3 aliphatic rings. The molecule has 0 radical (unpaired) electrons. The summed E-state index contributed by atoms with van der Waals surface area (Å²) in [6.45, 7) is 2.54. The highest BCUT2D eigenvalue weighted by Gasteiger charge is 2.63. The van der Waals surface area contributed by atoms with Crippen molar-refractivity contribution < 1.29 is 24.2 Å². The third-order valence-electron chi connectivity index (χ3n) is 7.30. The highest BCUT2D eigenvalue weighted by molar-refractivity contribution is 5.75. The minimum Gasteiger partial charge on any atom is -0.488 e. The number of alkyl carbamates (subject to hydrolysis) is 1. The van der Waals surface area contributed by atoms with Crippen molar-refractivity contribution in [2.45, 2.75) is 51.7 Å². The molecule has 3 unspecified atom stereocenters. The van der Waals surface area contributed by atoms with E-state index in [1.807, 2.05) is 19.1 Å². The largest absolute Gasteiger partial charge is 0.488 e. The van der Waals surface area contributed by atoms with E-state index in [4.69, 9.17) is 9.47 Å². The molecule has 1 amide bonds. The van der Waals surface area contributed by atoms with Gasteiger partial charge in [-0.15, -0.1) is 5.10 Å². The first-order valence-electron chi connectivity index (χ1n) is 11.6. The van der Waals surface area contributed by atoms with Crippen LogP contribution in [0.25, 0.3) is 11.4 Å². The topological polar surface area (TPSA) is 128 Å². The third-order valence-corrected chi connectivity index (χ3v) is 7.30. The molecule has 3 aliphatic carbocycles. The van der Waals surface area contributed by atoms with Gasteiger partial charge in [-0.3, -0.25) is 4.79 Å². The quantitative estimate of drug-likeness (QED) is 0.622. The van der Waals surface area contributed by atoms with Gasteiger partial charge in [-0.1, -0.05) is 11.6 Å². The molecule has 5 rings (SSSR count). The Morgan fingerprint density at radius 2 is 2.06 bits per heavy atom. The van der Waals surface area contributed by atoms with Crippen molar-refractivity contribution in [3.63, 3.8) is 0 Å². The molecule has 4 atom stereocenters. The van der Waals surface area contributed by atoms with Gasteiger partial charge in [0.2, 0.25) is 0 Å². The zero-order valence-corrected chi connectivity index (χ0v) is 18.9. The van der Waals surface area contributed by atoms with E-state index in [0.717, 1.165) is 31.4 Å². The van der Waals surface area contributed by atoms with Crippen molar-refractivity contribution in [2.75, 3.05) is 6.61 Å². The molecule has 3 saturated carbocycles. The Kier molecular flexibility index (Phi) is 5.67. The number of carboxylic acids is 1. The molecule has 0 saturated heterocycles.